The summed E-state index contributed by atoms with van der Waals surface area (Å²) in [6, 6.07) is 14.3. The Labute approximate surface area is 183 Å². The molecule has 2 amide bonds. The van der Waals surface area contributed by atoms with Crippen LogP contribution in [0.5, 0.6) is 0 Å². The van der Waals surface area contributed by atoms with Crippen molar-refractivity contribution in [1.82, 2.24) is 10.3 Å². The predicted octanol–water partition coefficient (Wildman–Crippen LogP) is 3.28. The summed E-state index contributed by atoms with van der Waals surface area (Å²) < 4.78 is 0. The van der Waals surface area contributed by atoms with Gasteiger partial charge in [0.25, 0.3) is 11.8 Å². The number of amidine groups is 1. The van der Waals surface area contributed by atoms with E-state index in [9.17, 15) is 14.7 Å². The molecule has 0 radical (unpaired) electrons. The minimum absolute atomic E-state index is 0.172. The van der Waals surface area contributed by atoms with E-state index in [1.165, 1.54) is 12.3 Å². The number of amides is 2. The number of pyridine rings is 1. The van der Waals surface area contributed by atoms with Crippen LogP contribution in [0.15, 0.2) is 60.8 Å². The SMILES string of the molecule is CNC(=N)c1ccc(C(=O)Nc2ccc(CO)cc2C(=O)Nc2ccc(Cl)cn2)cc1. The molecule has 0 saturated heterocycles. The zero-order valence-corrected chi connectivity index (χ0v) is 17.3. The number of halogens is 1. The van der Waals surface area contributed by atoms with Gasteiger partial charge in [0.1, 0.15) is 11.7 Å². The predicted molar refractivity (Wildman–Crippen MR) is 120 cm³/mol. The van der Waals surface area contributed by atoms with Crippen LogP contribution in [0, 0.1) is 5.41 Å². The number of aliphatic hydroxyl groups excluding tert-OH is 1. The first-order chi connectivity index (χ1) is 14.9. The van der Waals surface area contributed by atoms with Gasteiger partial charge < -0.3 is 21.1 Å². The molecular weight excluding hydrogens is 418 g/mol. The monoisotopic (exact) mass is 437 g/mol. The Hall–Kier alpha value is -3.75. The van der Waals surface area contributed by atoms with Gasteiger partial charge in [0.05, 0.1) is 22.9 Å². The van der Waals surface area contributed by atoms with E-state index in [0.717, 1.165) is 0 Å². The Morgan fingerprint density at radius 2 is 1.71 bits per heavy atom. The molecule has 158 valence electrons. The van der Waals surface area contributed by atoms with E-state index in [0.29, 0.717) is 27.5 Å². The van der Waals surface area contributed by atoms with Gasteiger partial charge in [-0.2, -0.15) is 0 Å². The summed E-state index contributed by atoms with van der Waals surface area (Å²) in [6.45, 7) is -0.257. The van der Waals surface area contributed by atoms with Crippen molar-refractivity contribution in [3.05, 3.63) is 88.1 Å². The van der Waals surface area contributed by atoms with Crippen molar-refractivity contribution in [3.8, 4) is 0 Å². The molecule has 0 bridgehead atoms. The number of carbonyl (C=O) groups excluding carboxylic acids is 2. The van der Waals surface area contributed by atoms with Crippen LogP contribution in [0.4, 0.5) is 11.5 Å². The Bertz CT molecular complexity index is 1110. The highest BCUT2D eigenvalue weighted by molar-refractivity contribution is 6.30. The van der Waals surface area contributed by atoms with Crippen LogP contribution >= 0.6 is 11.6 Å². The first kappa shape index (κ1) is 21.9. The average Bonchev–Trinajstić information content (AvgIpc) is 2.80. The maximum absolute atomic E-state index is 12.8. The van der Waals surface area contributed by atoms with Gasteiger partial charge in [-0.1, -0.05) is 29.8 Å². The molecule has 0 aliphatic carbocycles. The number of hydrogen-bond donors (Lipinski definition) is 5. The largest absolute Gasteiger partial charge is 0.392 e. The van der Waals surface area contributed by atoms with E-state index < -0.39 is 11.8 Å². The average molecular weight is 438 g/mol. The van der Waals surface area contributed by atoms with Crippen molar-refractivity contribution < 1.29 is 14.7 Å². The Balaban J connectivity index is 1.83. The fourth-order valence-electron chi connectivity index (χ4n) is 2.75. The molecule has 0 atom stereocenters. The molecule has 9 heteroatoms. The molecule has 0 saturated carbocycles. The van der Waals surface area contributed by atoms with Gasteiger partial charge in [-0.15, -0.1) is 0 Å². The normalized spacial score (nSPS) is 10.3. The van der Waals surface area contributed by atoms with E-state index in [1.54, 1.807) is 55.6 Å². The minimum Gasteiger partial charge on any atom is -0.392 e. The molecule has 1 aromatic heterocycles. The number of nitrogens with one attached hydrogen (secondary N) is 4. The summed E-state index contributed by atoms with van der Waals surface area (Å²) in [4.78, 5) is 29.5. The zero-order chi connectivity index (χ0) is 22.4. The quantitative estimate of drug-likeness (QED) is 0.299. The van der Waals surface area contributed by atoms with Gasteiger partial charge in [0.2, 0.25) is 0 Å². The minimum atomic E-state index is -0.502. The first-order valence-electron chi connectivity index (χ1n) is 9.26. The topological polar surface area (TPSA) is 127 Å². The number of benzene rings is 2. The van der Waals surface area contributed by atoms with Crippen molar-refractivity contribution in [1.29, 1.82) is 5.41 Å². The second-order valence-electron chi connectivity index (χ2n) is 6.51. The van der Waals surface area contributed by atoms with Crippen molar-refractivity contribution in [3.63, 3.8) is 0 Å². The van der Waals surface area contributed by atoms with Gasteiger partial charge in [-0.05, 0) is 42.0 Å². The molecule has 3 aromatic rings. The van der Waals surface area contributed by atoms with Gasteiger partial charge in [0, 0.05) is 24.4 Å². The molecule has 0 aliphatic rings. The molecule has 0 unspecified atom stereocenters. The third-order valence-electron chi connectivity index (χ3n) is 4.41. The lowest BCUT2D eigenvalue weighted by Gasteiger charge is -2.13. The summed E-state index contributed by atoms with van der Waals surface area (Å²) in [7, 11) is 1.64. The van der Waals surface area contributed by atoms with Gasteiger partial charge in [-0.3, -0.25) is 15.0 Å². The van der Waals surface area contributed by atoms with Crippen LogP contribution in [0.3, 0.4) is 0 Å². The maximum Gasteiger partial charge on any atom is 0.258 e. The van der Waals surface area contributed by atoms with Crippen LogP contribution in [0.25, 0.3) is 0 Å². The zero-order valence-electron chi connectivity index (χ0n) is 16.6. The molecule has 31 heavy (non-hydrogen) atoms. The second kappa shape index (κ2) is 9.84. The maximum atomic E-state index is 12.8. The van der Waals surface area contributed by atoms with Crippen molar-refractivity contribution in [2.75, 3.05) is 17.7 Å². The fourth-order valence-corrected chi connectivity index (χ4v) is 2.86. The van der Waals surface area contributed by atoms with Crippen LogP contribution in [0.1, 0.15) is 31.8 Å². The third-order valence-corrected chi connectivity index (χ3v) is 4.64. The third kappa shape index (κ3) is 5.44. The van der Waals surface area contributed by atoms with Crippen LogP contribution in [0.2, 0.25) is 5.02 Å². The molecule has 8 nitrogen and oxygen atoms in total. The molecule has 5 N–H and O–H groups in total. The van der Waals surface area contributed by atoms with E-state index in [2.05, 4.69) is 20.9 Å². The van der Waals surface area contributed by atoms with Crippen LogP contribution < -0.4 is 16.0 Å². The number of hydrogen-bond acceptors (Lipinski definition) is 5. The standard InChI is InChI=1S/C22H20ClN5O3/c1-25-20(24)14-3-5-15(6-4-14)21(30)27-18-8-2-13(12-29)10-17(18)22(31)28-19-9-7-16(23)11-26-19/h2-11,29H,12H2,1H3,(H2,24,25)(H,27,30)(H,26,28,31). The number of rotatable bonds is 6. The molecular formula is C22H20ClN5O3. The molecule has 2 aromatic carbocycles. The van der Waals surface area contributed by atoms with Gasteiger partial charge >= 0.3 is 0 Å². The van der Waals surface area contributed by atoms with E-state index >= 15 is 0 Å². The Kier molecular flexibility index (Phi) is 6.96. The van der Waals surface area contributed by atoms with Crippen LogP contribution in [-0.4, -0.2) is 34.8 Å². The second-order valence-corrected chi connectivity index (χ2v) is 6.95. The van der Waals surface area contributed by atoms with Crippen molar-refractivity contribution in [2.45, 2.75) is 6.61 Å². The van der Waals surface area contributed by atoms with Gasteiger partial charge in [0.15, 0.2) is 0 Å². The highest BCUT2D eigenvalue weighted by atomic mass is 35.5. The van der Waals surface area contributed by atoms with Crippen LogP contribution in [-0.2, 0) is 6.61 Å². The number of aromatic nitrogens is 1. The van der Waals surface area contributed by atoms with Crippen molar-refractivity contribution in [2.24, 2.45) is 0 Å². The summed E-state index contributed by atoms with van der Waals surface area (Å²) in [6.07, 6.45) is 1.40. The Morgan fingerprint density at radius 1 is 1.00 bits per heavy atom. The number of anilines is 2. The number of nitrogens with zero attached hydrogens (tertiary/aromatic N) is 1. The molecule has 3 rings (SSSR count). The molecule has 0 fully saturated rings. The highest BCUT2D eigenvalue weighted by Crippen LogP contribution is 2.21. The first-order valence-corrected chi connectivity index (χ1v) is 9.64. The molecule has 0 aliphatic heterocycles. The lowest BCUT2D eigenvalue weighted by molar-refractivity contribution is 0.102. The molecule has 0 spiro atoms. The van der Waals surface area contributed by atoms with E-state index in [4.69, 9.17) is 17.0 Å². The molecule has 1 heterocycles. The van der Waals surface area contributed by atoms with Gasteiger partial charge in [-0.25, -0.2) is 4.98 Å². The summed E-state index contributed by atoms with van der Waals surface area (Å²) in [5.41, 5.74) is 1.97. The smallest absolute Gasteiger partial charge is 0.258 e. The lowest BCUT2D eigenvalue weighted by Crippen LogP contribution is -2.20. The Morgan fingerprint density at radius 3 is 2.32 bits per heavy atom. The number of aliphatic hydroxyl groups is 1. The summed E-state index contributed by atoms with van der Waals surface area (Å²) >= 11 is 5.82. The van der Waals surface area contributed by atoms with E-state index in [1.807, 2.05) is 0 Å². The van der Waals surface area contributed by atoms with Crippen molar-refractivity contribution >= 4 is 40.8 Å². The van der Waals surface area contributed by atoms with E-state index in [-0.39, 0.29) is 23.7 Å². The fraction of sp³-hybridized carbons (Fsp3) is 0.0909. The summed E-state index contributed by atoms with van der Waals surface area (Å²) in [5.74, 6) is -0.388. The summed E-state index contributed by atoms with van der Waals surface area (Å²) in [5, 5.41) is 25.7. The number of carbonyl (C=O) groups is 2. The lowest BCUT2D eigenvalue weighted by atomic mass is 10.1. The highest BCUT2D eigenvalue weighted by Gasteiger charge is 2.16.